The summed E-state index contributed by atoms with van der Waals surface area (Å²) in [5.41, 5.74) is 1.39. The average Bonchev–Trinajstić information content (AvgIpc) is 2.55. The van der Waals surface area contributed by atoms with E-state index in [1.165, 1.54) is 5.57 Å². The van der Waals surface area contributed by atoms with Crippen molar-refractivity contribution in [3.63, 3.8) is 0 Å². The Bertz CT molecular complexity index is 153. The van der Waals surface area contributed by atoms with E-state index in [0.717, 1.165) is 13.0 Å². The topological polar surface area (TPSA) is 24.6 Å². The number of fused-ring (bicyclic) bond motifs is 1. The Kier molecular flexibility index (Phi) is 1.10. The highest BCUT2D eigenvalue weighted by atomic mass is 16.6. The zero-order valence-corrected chi connectivity index (χ0v) is 5.55. The smallest absolute Gasteiger partial charge is 0.139 e. The summed E-state index contributed by atoms with van der Waals surface area (Å²) in [7, 11) is 0. The summed E-state index contributed by atoms with van der Waals surface area (Å²) >= 11 is 0. The van der Waals surface area contributed by atoms with Gasteiger partial charge in [0.25, 0.3) is 0 Å². The molecule has 2 aliphatic heterocycles. The standard InChI is InChI=1S/C7H11NO/c1-5-3-2-4-8-7-6(5)9-7/h3,6-8H,2,4H2,1H3. The van der Waals surface area contributed by atoms with E-state index in [1.54, 1.807) is 0 Å². The van der Waals surface area contributed by atoms with Crippen molar-refractivity contribution in [3.05, 3.63) is 11.6 Å². The third-order valence-corrected chi connectivity index (χ3v) is 1.90. The monoisotopic (exact) mass is 125 g/mol. The summed E-state index contributed by atoms with van der Waals surface area (Å²) in [5.74, 6) is 0. The molecular weight excluding hydrogens is 114 g/mol. The molecule has 2 atom stereocenters. The van der Waals surface area contributed by atoms with Gasteiger partial charge in [-0.2, -0.15) is 0 Å². The maximum absolute atomic E-state index is 5.29. The molecule has 2 rings (SSSR count). The predicted molar refractivity (Wildman–Crippen MR) is 35.0 cm³/mol. The molecule has 0 bridgehead atoms. The molecule has 0 amide bonds. The molecule has 0 saturated carbocycles. The zero-order chi connectivity index (χ0) is 6.27. The summed E-state index contributed by atoms with van der Waals surface area (Å²) in [5, 5.41) is 3.27. The first-order valence-electron chi connectivity index (χ1n) is 3.43. The largest absolute Gasteiger partial charge is 0.348 e. The van der Waals surface area contributed by atoms with Gasteiger partial charge in [0.15, 0.2) is 0 Å². The molecule has 0 radical (unpaired) electrons. The molecule has 9 heavy (non-hydrogen) atoms. The summed E-state index contributed by atoms with van der Waals surface area (Å²) in [6.45, 7) is 3.20. The third kappa shape index (κ3) is 0.884. The van der Waals surface area contributed by atoms with Crippen molar-refractivity contribution in [1.29, 1.82) is 0 Å². The van der Waals surface area contributed by atoms with Gasteiger partial charge in [0.1, 0.15) is 12.3 Å². The van der Waals surface area contributed by atoms with Gasteiger partial charge >= 0.3 is 0 Å². The van der Waals surface area contributed by atoms with E-state index in [-0.39, 0.29) is 0 Å². The molecule has 1 N–H and O–H groups in total. The van der Waals surface area contributed by atoms with Gasteiger partial charge in [-0.3, -0.25) is 5.32 Å². The SMILES string of the molecule is CC1=CCCNC2OC12. The van der Waals surface area contributed by atoms with Crippen LogP contribution in [0.25, 0.3) is 0 Å². The van der Waals surface area contributed by atoms with Crippen molar-refractivity contribution in [2.45, 2.75) is 25.7 Å². The van der Waals surface area contributed by atoms with Crippen LogP contribution >= 0.6 is 0 Å². The highest BCUT2D eigenvalue weighted by Gasteiger charge is 2.40. The van der Waals surface area contributed by atoms with Gasteiger partial charge in [-0.1, -0.05) is 6.08 Å². The average molecular weight is 125 g/mol. The number of nitrogens with one attached hydrogen (secondary N) is 1. The summed E-state index contributed by atoms with van der Waals surface area (Å²) < 4.78 is 5.29. The normalized spacial score (nSPS) is 40.8. The summed E-state index contributed by atoms with van der Waals surface area (Å²) in [6, 6.07) is 0. The van der Waals surface area contributed by atoms with E-state index in [1.807, 2.05) is 0 Å². The summed E-state index contributed by atoms with van der Waals surface area (Å²) in [6.07, 6.45) is 4.17. The van der Waals surface area contributed by atoms with E-state index in [2.05, 4.69) is 18.3 Å². The Hall–Kier alpha value is -0.340. The second-order valence-electron chi connectivity index (χ2n) is 2.67. The van der Waals surface area contributed by atoms with Crippen molar-refractivity contribution in [2.24, 2.45) is 0 Å². The van der Waals surface area contributed by atoms with Crippen LogP contribution in [0, 0.1) is 0 Å². The molecular formula is C7H11NO. The zero-order valence-electron chi connectivity index (χ0n) is 5.55. The van der Waals surface area contributed by atoms with Gasteiger partial charge < -0.3 is 4.74 Å². The van der Waals surface area contributed by atoms with Gasteiger partial charge in [-0.25, -0.2) is 0 Å². The van der Waals surface area contributed by atoms with Crippen molar-refractivity contribution in [3.8, 4) is 0 Å². The van der Waals surface area contributed by atoms with Crippen LogP contribution in [0.2, 0.25) is 0 Å². The van der Waals surface area contributed by atoms with Crippen molar-refractivity contribution >= 4 is 0 Å². The van der Waals surface area contributed by atoms with E-state index in [4.69, 9.17) is 4.74 Å². The molecule has 0 aromatic heterocycles. The third-order valence-electron chi connectivity index (χ3n) is 1.90. The van der Waals surface area contributed by atoms with Gasteiger partial charge in [-0.05, 0) is 18.9 Å². The lowest BCUT2D eigenvalue weighted by molar-refractivity contribution is 0.351. The molecule has 2 nitrogen and oxygen atoms in total. The minimum Gasteiger partial charge on any atom is -0.348 e. The second kappa shape index (κ2) is 1.82. The maximum Gasteiger partial charge on any atom is 0.139 e. The minimum absolute atomic E-state index is 0.351. The second-order valence-corrected chi connectivity index (χ2v) is 2.67. The highest BCUT2D eigenvalue weighted by molar-refractivity contribution is 5.15. The fraction of sp³-hybridized carbons (Fsp3) is 0.714. The lowest BCUT2D eigenvalue weighted by Gasteiger charge is -1.91. The molecule has 0 spiro atoms. The number of hydrogen-bond acceptors (Lipinski definition) is 2. The van der Waals surface area contributed by atoms with Crippen molar-refractivity contribution in [1.82, 2.24) is 5.32 Å². The molecule has 0 aromatic rings. The van der Waals surface area contributed by atoms with E-state index < -0.39 is 0 Å². The fourth-order valence-corrected chi connectivity index (χ4v) is 1.26. The van der Waals surface area contributed by atoms with Crippen LogP contribution in [-0.4, -0.2) is 18.9 Å². The van der Waals surface area contributed by atoms with Crippen LogP contribution < -0.4 is 5.32 Å². The Balaban J connectivity index is 2.10. The first kappa shape index (κ1) is 5.45. The molecule has 1 saturated heterocycles. The van der Waals surface area contributed by atoms with Gasteiger partial charge in [0.2, 0.25) is 0 Å². The van der Waals surface area contributed by atoms with Crippen LogP contribution in [0.5, 0.6) is 0 Å². The maximum atomic E-state index is 5.29. The number of hydrogen-bond donors (Lipinski definition) is 1. The van der Waals surface area contributed by atoms with E-state index in [0.29, 0.717) is 12.3 Å². The Morgan fingerprint density at radius 1 is 1.78 bits per heavy atom. The molecule has 0 aliphatic carbocycles. The molecule has 2 heteroatoms. The van der Waals surface area contributed by atoms with Crippen LogP contribution in [0.15, 0.2) is 11.6 Å². The highest BCUT2D eigenvalue weighted by Crippen LogP contribution is 2.28. The first-order chi connectivity index (χ1) is 4.38. The number of rotatable bonds is 0. The van der Waals surface area contributed by atoms with Crippen LogP contribution in [0.4, 0.5) is 0 Å². The quantitative estimate of drug-likeness (QED) is 0.380. The predicted octanol–water partition coefficient (Wildman–Crippen LogP) is 0.651. The Morgan fingerprint density at radius 2 is 2.67 bits per heavy atom. The van der Waals surface area contributed by atoms with Crippen molar-refractivity contribution < 1.29 is 4.74 Å². The molecule has 0 aromatic carbocycles. The molecule has 2 aliphatic rings. The Morgan fingerprint density at radius 3 is 3.56 bits per heavy atom. The van der Waals surface area contributed by atoms with Crippen LogP contribution in [0.3, 0.4) is 0 Å². The molecule has 2 heterocycles. The van der Waals surface area contributed by atoms with Gasteiger partial charge in [0.05, 0.1) is 0 Å². The lowest BCUT2D eigenvalue weighted by Crippen LogP contribution is -2.18. The number of ether oxygens (including phenoxy) is 1. The van der Waals surface area contributed by atoms with E-state index in [9.17, 15) is 0 Å². The molecule has 2 unspecified atom stereocenters. The van der Waals surface area contributed by atoms with Crippen molar-refractivity contribution in [2.75, 3.05) is 6.54 Å². The number of epoxide rings is 1. The minimum atomic E-state index is 0.351. The van der Waals surface area contributed by atoms with Gasteiger partial charge in [-0.15, -0.1) is 0 Å². The molecule has 1 fully saturated rings. The van der Waals surface area contributed by atoms with Crippen LogP contribution in [-0.2, 0) is 4.74 Å². The lowest BCUT2D eigenvalue weighted by atomic mass is 10.2. The molecule has 50 valence electrons. The summed E-state index contributed by atoms with van der Waals surface area (Å²) in [4.78, 5) is 0. The fourth-order valence-electron chi connectivity index (χ4n) is 1.26. The Labute approximate surface area is 54.9 Å². The van der Waals surface area contributed by atoms with E-state index >= 15 is 0 Å². The first-order valence-corrected chi connectivity index (χ1v) is 3.43. The van der Waals surface area contributed by atoms with Gasteiger partial charge in [0, 0.05) is 6.54 Å². The van der Waals surface area contributed by atoms with Crippen LogP contribution in [0.1, 0.15) is 13.3 Å².